The topological polar surface area (TPSA) is 83.8 Å². The molecule has 0 spiro atoms. The Balaban J connectivity index is 4.16. The van der Waals surface area contributed by atoms with Crippen LogP contribution in [0.25, 0.3) is 0 Å². The van der Waals surface area contributed by atoms with Crippen molar-refractivity contribution < 1.29 is 24.5 Å². The molecule has 62 valence electrons. The van der Waals surface area contributed by atoms with E-state index in [1.54, 1.807) is 0 Å². The van der Waals surface area contributed by atoms with Gasteiger partial charge in [0.15, 0.2) is 0 Å². The highest BCUT2D eigenvalue weighted by atomic mass is 16.5. The minimum absolute atomic E-state index is 0.0787. The number of carboxylic acids is 2. The Kier molecular flexibility index (Phi) is 3.72. The Hall–Kier alpha value is -1.52. The fourth-order valence-corrected chi connectivity index (χ4v) is 0.469. The van der Waals surface area contributed by atoms with Crippen LogP contribution in [0, 0.1) is 0 Å². The number of rotatable bonds is 4. The van der Waals surface area contributed by atoms with Gasteiger partial charge in [-0.3, -0.25) is 4.79 Å². The predicted molar refractivity (Wildman–Crippen MR) is 35.0 cm³/mol. The number of carbonyl (C=O) groups is 2. The lowest BCUT2D eigenvalue weighted by Crippen LogP contribution is -2.01. The Labute approximate surface area is 62.9 Å². The molecule has 0 atom stereocenters. The smallest absolute Gasteiger partial charge is 0.331 e. The average molecular weight is 160 g/mol. The second kappa shape index (κ2) is 4.32. The van der Waals surface area contributed by atoms with Crippen molar-refractivity contribution in [2.75, 3.05) is 7.11 Å². The van der Waals surface area contributed by atoms with E-state index in [0.29, 0.717) is 6.08 Å². The quantitative estimate of drug-likeness (QED) is 0.449. The molecule has 0 heterocycles. The minimum atomic E-state index is -1.22. The molecule has 0 aliphatic rings. The highest BCUT2D eigenvalue weighted by molar-refractivity contribution is 5.81. The van der Waals surface area contributed by atoms with Crippen LogP contribution in [-0.2, 0) is 14.3 Å². The first-order valence-electron chi connectivity index (χ1n) is 2.75. The van der Waals surface area contributed by atoms with Gasteiger partial charge in [-0.15, -0.1) is 0 Å². The van der Waals surface area contributed by atoms with Gasteiger partial charge in [0.05, 0.1) is 13.2 Å². The van der Waals surface area contributed by atoms with Crippen molar-refractivity contribution in [3.63, 3.8) is 0 Å². The molecule has 0 aliphatic heterocycles. The minimum Gasteiger partial charge on any atom is -0.500 e. The standard InChI is InChI=1S/C6H8O5/c1-11-4(2-5(7)8)3-6(9)10/h2H,3H2,1H3,(H,7,8)(H,9,10)/b4-2+. The lowest BCUT2D eigenvalue weighted by Gasteiger charge is -1.99. The molecule has 0 radical (unpaired) electrons. The average Bonchev–Trinajstić information content (AvgIpc) is 1.84. The van der Waals surface area contributed by atoms with E-state index in [1.165, 1.54) is 7.11 Å². The van der Waals surface area contributed by atoms with Gasteiger partial charge in [-0.1, -0.05) is 0 Å². The zero-order valence-electron chi connectivity index (χ0n) is 5.90. The van der Waals surface area contributed by atoms with Gasteiger partial charge in [0.25, 0.3) is 0 Å². The molecule has 0 aromatic heterocycles. The summed E-state index contributed by atoms with van der Waals surface area (Å²) in [7, 11) is 1.22. The highest BCUT2D eigenvalue weighted by Gasteiger charge is 2.04. The van der Waals surface area contributed by atoms with Crippen LogP contribution >= 0.6 is 0 Å². The van der Waals surface area contributed by atoms with Crippen molar-refractivity contribution in [2.24, 2.45) is 0 Å². The summed E-state index contributed by atoms with van der Waals surface area (Å²) in [5, 5.41) is 16.4. The summed E-state index contributed by atoms with van der Waals surface area (Å²) < 4.78 is 4.47. The third-order valence-electron chi connectivity index (χ3n) is 0.872. The number of ether oxygens (including phenoxy) is 1. The zero-order chi connectivity index (χ0) is 8.85. The Morgan fingerprint density at radius 1 is 1.45 bits per heavy atom. The first kappa shape index (κ1) is 9.48. The Morgan fingerprint density at radius 3 is 2.27 bits per heavy atom. The fourth-order valence-electron chi connectivity index (χ4n) is 0.469. The predicted octanol–water partition coefficient (Wildman–Crippen LogP) is 0.0760. The summed E-state index contributed by atoms with van der Waals surface area (Å²) in [6, 6.07) is 0. The van der Waals surface area contributed by atoms with Crippen molar-refractivity contribution in [2.45, 2.75) is 6.42 Å². The SMILES string of the molecule is CO/C(=C/C(=O)O)CC(=O)O. The molecule has 5 heteroatoms. The summed E-state index contributed by atoms with van der Waals surface area (Å²) >= 11 is 0. The first-order valence-corrected chi connectivity index (χ1v) is 2.75. The van der Waals surface area contributed by atoms with Gasteiger partial charge in [-0.2, -0.15) is 0 Å². The maximum absolute atomic E-state index is 10.0. The fraction of sp³-hybridized carbons (Fsp3) is 0.333. The summed E-state index contributed by atoms with van der Waals surface area (Å²) in [5.74, 6) is -2.42. The molecule has 0 aliphatic carbocycles. The lowest BCUT2D eigenvalue weighted by atomic mass is 10.3. The first-order chi connectivity index (χ1) is 5.06. The number of methoxy groups -OCH3 is 1. The van der Waals surface area contributed by atoms with Crippen LogP contribution in [0.3, 0.4) is 0 Å². The molecule has 0 rings (SSSR count). The molecule has 0 amide bonds. The van der Waals surface area contributed by atoms with E-state index in [1.807, 2.05) is 0 Å². The lowest BCUT2D eigenvalue weighted by molar-refractivity contribution is -0.136. The monoisotopic (exact) mass is 160 g/mol. The second-order valence-corrected chi connectivity index (χ2v) is 1.72. The van der Waals surface area contributed by atoms with E-state index < -0.39 is 18.4 Å². The van der Waals surface area contributed by atoms with Crippen molar-refractivity contribution in [1.29, 1.82) is 0 Å². The van der Waals surface area contributed by atoms with E-state index in [9.17, 15) is 9.59 Å². The number of hydrogen-bond donors (Lipinski definition) is 2. The zero-order valence-corrected chi connectivity index (χ0v) is 5.90. The molecule has 0 bridgehead atoms. The van der Waals surface area contributed by atoms with Crippen LogP contribution in [0.5, 0.6) is 0 Å². The molecule has 2 N–H and O–H groups in total. The molecule has 5 nitrogen and oxygen atoms in total. The van der Waals surface area contributed by atoms with Gasteiger partial charge in [0.1, 0.15) is 12.2 Å². The van der Waals surface area contributed by atoms with Crippen LogP contribution in [0.2, 0.25) is 0 Å². The van der Waals surface area contributed by atoms with Crippen molar-refractivity contribution in [3.05, 3.63) is 11.8 Å². The highest BCUT2D eigenvalue weighted by Crippen LogP contribution is 2.00. The largest absolute Gasteiger partial charge is 0.500 e. The summed E-state index contributed by atoms with van der Waals surface area (Å²) in [5.41, 5.74) is 0. The van der Waals surface area contributed by atoms with Crippen LogP contribution < -0.4 is 0 Å². The van der Waals surface area contributed by atoms with Gasteiger partial charge in [0, 0.05) is 0 Å². The van der Waals surface area contributed by atoms with E-state index in [-0.39, 0.29) is 5.76 Å². The molecule has 0 saturated carbocycles. The summed E-state index contributed by atoms with van der Waals surface area (Å²) in [6.07, 6.45) is 0.302. The van der Waals surface area contributed by atoms with E-state index in [2.05, 4.69) is 4.74 Å². The maximum Gasteiger partial charge on any atom is 0.331 e. The normalized spacial score (nSPS) is 10.8. The summed E-state index contributed by atoms with van der Waals surface area (Å²) in [4.78, 5) is 20.0. The number of carboxylic acid groups (broad SMARTS) is 2. The third-order valence-corrected chi connectivity index (χ3v) is 0.872. The molecule has 0 fully saturated rings. The van der Waals surface area contributed by atoms with Crippen molar-refractivity contribution in [1.82, 2.24) is 0 Å². The molecular weight excluding hydrogens is 152 g/mol. The second-order valence-electron chi connectivity index (χ2n) is 1.72. The summed E-state index contributed by atoms with van der Waals surface area (Å²) in [6.45, 7) is 0. The van der Waals surface area contributed by atoms with Crippen molar-refractivity contribution in [3.8, 4) is 0 Å². The van der Waals surface area contributed by atoms with Gasteiger partial charge in [0.2, 0.25) is 0 Å². The van der Waals surface area contributed by atoms with Gasteiger partial charge >= 0.3 is 11.9 Å². The maximum atomic E-state index is 10.0. The van der Waals surface area contributed by atoms with Gasteiger partial charge < -0.3 is 14.9 Å². The van der Waals surface area contributed by atoms with Crippen LogP contribution in [0.15, 0.2) is 11.8 Å². The molecule has 0 unspecified atom stereocenters. The molecule has 11 heavy (non-hydrogen) atoms. The molecular formula is C6H8O5. The van der Waals surface area contributed by atoms with Gasteiger partial charge in [-0.25, -0.2) is 4.79 Å². The molecule has 0 aromatic rings. The van der Waals surface area contributed by atoms with E-state index in [4.69, 9.17) is 10.2 Å². The van der Waals surface area contributed by atoms with Gasteiger partial charge in [-0.05, 0) is 0 Å². The van der Waals surface area contributed by atoms with E-state index in [0.717, 1.165) is 0 Å². The molecule has 0 aromatic carbocycles. The van der Waals surface area contributed by atoms with E-state index >= 15 is 0 Å². The number of hydrogen-bond acceptors (Lipinski definition) is 3. The Morgan fingerprint density at radius 2 is 2.00 bits per heavy atom. The van der Waals surface area contributed by atoms with Crippen LogP contribution in [0.1, 0.15) is 6.42 Å². The van der Waals surface area contributed by atoms with Crippen LogP contribution in [0.4, 0.5) is 0 Å². The Bertz CT molecular complexity index is 193. The van der Waals surface area contributed by atoms with Crippen LogP contribution in [-0.4, -0.2) is 29.3 Å². The number of aliphatic carboxylic acids is 2. The van der Waals surface area contributed by atoms with Crippen molar-refractivity contribution >= 4 is 11.9 Å². The third kappa shape index (κ3) is 4.95. The molecule has 0 saturated heterocycles.